The number of aryl methyl sites for hydroxylation is 1. The molecule has 0 aliphatic carbocycles. The van der Waals surface area contributed by atoms with Crippen LogP contribution in [0.25, 0.3) is 0 Å². The van der Waals surface area contributed by atoms with E-state index in [9.17, 15) is 0 Å². The molecule has 1 aromatic heterocycles. The lowest BCUT2D eigenvalue weighted by Gasteiger charge is -1.90. The van der Waals surface area contributed by atoms with E-state index in [0.29, 0.717) is 0 Å². The molecule has 0 radical (unpaired) electrons. The van der Waals surface area contributed by atoms with Gasteiger partial charge in [-0.3, -0.25) is 0 Å². The normalized spacial score (nSPS) is 12.2. The molecule has 0 unspecified atom stereocenters. The first-order valence-electron chi connectivity index (χ1n) is 4.91. The third-order valence-corrected chi connectivity index (χ3v) is 1.91. The molecule has 7 heteroatoms. The molecule has 1 aromatic carbocycles. The number of nitrogens with two attached hydrogens (primary N) is 1. The Balaban J connectivity index is 2.08. The molecule has 2 aromatic rings. The summed E-state index contributed by atoms with van der Waals surface area (Å²) in [6.07, 6.45) is 1.60. The van der Waals surface area contributed by atoms with Gasteiger partial charge in [0.2, 0.25) is 5.82 Å². The number of tetrazole rings is 1. The van der Waals surface area contributed by atoms with Gasteiger partial charge in [0, 0.05) is 0 Å². The van der Waals surface area contributed by atoms with Gasteiger partial charge in [-0.25, -0.2) is 0 Å². The van der Waals surface area contributed by atoms with Gasteiger partial charge in [0.15, 0.2) is 5.84 Å². The molecule has 2 N–H and O–H groups in total. The van der Waals surface area contributed by atoms with Gasteiger partial charge in [0.1, 0.15) is 0 Å². The van der Waals surface area contributed by atoms with Crippen LogP contribution >= 0.6 is 0 Å². The Bertz CT molecular complexity index is 541. The predicted molar refractivity (Wildman–Crippen MR) is 63.6 cm³/mol. The Morgan fingerprint density at radius 3 is 2.76 bits per heavy atom. The highest BCUT2D eigenvalue weighted by Crippen LogP contribution is 1.94. The van der Waals surface area contributed by atoms with Crippen molar-refractivity contribution in [1.82, 2.24) is 20.2 Å². The molecule has 1 heterocycles. The Labute approximate surface area is 97.7 Å². The van der Waals surface area contributed by atoms with Crippen LogP contribution in [0.1, 0.15) is 11.4 Å². The van der Waals surface area contributed by atoms with Gasteiger partial charge in [0.05, 0.1) is 13.3 Å². The van der Waals surface area contributed by atoms with E-state index in [-0.39, 0.29) is 11.7 Å². The topological polar surface area (TPSA) is 94.3 Å². The summed E-state index contributed by atoms with van der Waals surface area (Å²) in [6, 6.07) is 9.58. The molecular formula is C10H11N7. The molecule has 0 aliphatic rings. The number of aromatic nitrogens is 4. The van der Waals surface area contributed by atoms with Crippen molar-refractivity contribution in [3.8, 4) is 0 Å². The van der Waals surface area contributed by atoms with Gasteiger partial charge in [-0.15, -0.1) is 15.3 Å². The third kappa shape index (κ3) is 2.94. The van der Waals surface area contributed by atoms with Crippen LogP contribution in [0, 0.1) is 0 Å². The Morgan fingerprint density at radius 1 is 1.35 bits per heavy atom. The van der Waals surface area contributed by atoms with E-state index in [1.807, 2.05) is 30.3 Å². The second-order valence-electron chi connectivity index (χ2n) is 3.24. The van der Waals surface area contributed by atoms with E-state index in [1.165, 1.54) is 4.80 Å². The minimum atomic E-state index is 0.130. The quantitative estimate of drug-likeness (QED) is 0.453. The van der Waals surface area contributed by atoms with E-state index in [0.717, 1.165) is 5.56 Å². The molecule has 0 spiro atoms. The maximum absolute atomic E-state index is 5.63. The van der Waals surface area contributed by atoms with Crippen molar-refractivity contribution in [3.63, 3.8) is 0 Å². The molecule has 7 nitrogen and oxygen atoms in total. The molecule has 0 aliphatic heterocycles. The summed E-state index contributed by atoms with van der Waals surface area (Å²) in [5.74, 6) is 0.392. The van der Waals surface area contributed by atoms with Crippen molar-refractivity contribution in [2.75, 3.05) is 0 Å². The zero-order valence-corrected chi connectivity index (χ0v) is 9.22. The van der Waals surface area contributed by atoms with Crippen LogP contribution in [-0.4, -0.2) is 32.3 Å². The van der Waals surface area contributed by atoms with E-state index >= 15 is 0 Å². The summed E-state index contributed by atoms with van der Waals surface area (Å²) < 4.78 is 0. The smallest absolute Gasteiger partial charge is 0.241 e. The van der Waals surface area contributed by atoms with Gasteiger partial charge in [-0.2, -0.15) is 9.90 Å². The lowest BCUT2D eigenvalue weighted by molar-refractivity contribution is 0.629. The predicted octanol–water partition coefficient (Wildman–Crippen LogP) is -0.0505. The maximum atomic E-state index is 5.63. The first-order valence-corrected chi connectivity index (χ1v) is 4.91. The molecule has 0 fully saturated rings. The van der Waals surface area contributed by atoms with Crippen molar-refractivity contribution in [2.24, 2.45) is 23.0 Å². The summed E-state index contributed by atoms with van der Waals surface area (Å²) in [6.45, 7) is 0. The highest BCUT2D eigenvalue weighted by atomic mass is 15.6. The molecular weight excluding hydrogens is 218 g/mol. The van der Waals surface area contributed by atoms with E-state index in [4.69, 9.17) is 5.73 Å². The van der Waals surface area contributed by atoms with Crippen molar-refractivity contribution in [1.29, 1.82) is 0 Å². The van der Waals surface area contributed by atoms with Crippen LogP contribution < -0.4 is 5.73 Å². The molecule has 0 amide bonds. The Kier molecular flexibility index (Phi) is 3.20. The summed E-state index contributed by atoms with van der Waals surface area (Å²) in [5, 5.41) is 18.9. The number of rotatable bonds is 3. The zero-order chi connectivity index (χ0) is 12.1. The maximum Gasteiger partial charge on any atom is 0.241 e. The Morgan fingerprint density at radius 2 is 2.12 bits per heavy atom. The largest absolute Gasteiger partial charge is 0.379 e. The monoisotopic (exact) mass is 229 g/mol. The van der Waals surface area contributed by atoms with Crippen LogP contribution in [0.5, 0.6) is 0 Å². The van der Waals surface area contributed by atoms with Crippen LogP contribution in [0.3, 0.4) is 0 Å². The van der Waals surface area contributed by atoms with Crippen LogP contribution in [0.4, 0.5) is 0 Å². The fourth-order valence-corrected chi connectivity index (χ4v) is 1.13. The van der Waals surface area contributed by atoms with Gasteiger partial charge in [-0.1, -0.05) is 30.3 Å². The number of hydrogen-bond donors (Lipinski definition) is 1. The van der Waals surface area contributed by atoms with Crippen LogP contribution in [-0.2, 0) is 7.05 Å². The fourth-order valence-electron chi connectivity index (χ4n) is 1.13. The molecule has 0 saturated carbocycles. The number of benzene rings is 1. The molecule has 0 atom stereocenters. The minimum Gasteiger partial charge on any atom is -0.379 e. The van der Waals surface area contributed by atoms with Gasteiger partial charge >= 0.3 is 0 Å². The van der Waals surface area contributed by atoms with Gasteiger partial charge in [-0.05, 0) is 10.8 Å². The van der Waals surface area contributed by atoms with E-state index in [1.54, 1.807) is 13.3 Å². The summed E-state index contributed by atoms with van der Waals surface area (Å²) in [5.41, 5.74) is 6.57. The zero-order valence-electron chi connectivity index (χ0n) is 9.22. The molecule has 17 heavy (non-hydrogen) atoms. The standard InChI is InChI=1S/C10H11N7/c1-17-15-10(14-16-17)9(11)13-12-7-8-5-3-2-4-6-8/h2-7H,1H3,(H2,11,13)/b12-7+. The lowest BCUT2D eigenvalue weighted by Crippen LogP contribution is -2.15. The first kappa shape index (κ1) is 10.9. The summed E-state index contributed by atoms with van der Waals surface area (Å²) in [7, 11) is 1.65. The fraction of sp³-hybridized carbons (Fsp3) is 0.100. The van der Waals surface area contributed by atoms with Crippen molar-refractivity contribution in [3.05, 3.63) is 41.7 Å². The SMILES string of the molecule is Cn1nnc(/C(N)=N\N=C\c2ccccc2)n1. The van der Waals surface area contributed by atoms with Gasteiger partial charge in [0.25, 0.3) is 0 Å². The molecule has 0 saturated heterocycles. The van der Waals surface area contributed by atoms with Crippen molar-refractivity contribution < 1.29 is 0 Å². The number of amidine groups is 1. The highest BCUT2D eigenvalue weighted by molar-refractivity contribution is 5.94. The summed E-state index contributed by atoms with van der Waals surface area (Å²) >= 11 is 0. The minimum absolute atomic E-state index is 0.130. The second kappa shape index (κ2) is 4.97. The average Bonchev–Trinajstić information content (AvgIpc) is 2.77. The molecule has 2 rings (SSSR count). The summed E-state index contributed by atoms with van der Waals surface area (Å²) in [4.78, 5) is 1.30. The first-order chi connectivity index (χ1) is 8.25. The van der Waals surface area contributed by atoms with Crippen LogP contribution in [0.2, 0.25) is 0 Å². The lowest BCUT2D eigenvalue weighted by atomic mass is 10.2. The van der Waals surface area contributed by atoms with Crippen LogP contribution in [0.15, 0.2) is 40.5 Å². The molecule has 0 bridgehead atoms. The van der Waals surface area contributed by atoms with Crippen molar-refractivity contribution >= 4 is 12.1 Å². The van der Waals surface area contributed by atoms with Crippen molar-refractivity contribution in [2.45, 2.75) is 0 Å². The highest BCUT2D eigenvalue weighted by Gasteiger charge is 2.04. The second-order valence-corrected chi connectivity index (χ2v) is 3.24. The van der Waals surface area contributed by atoms with E-state index in [2.05, 4.69) is 25.6 Å². The van der Waals surface area contributed by atoms with Gasteiger partial charge < -0.3 is 5.73 Å². The van der Waals surface area contributed by atoms with E-state index < -0.39 is 0 Å². The Hall–Kier alpha value is -2.57. The third-order valence-electron chi connectivity index (χ3n) is 1.91. The average molecular weight is 229 g/mol. The number of hydrogen-bond acceptors (Lipinski definition) is 5. The number of nitrogens with zero attached hydrogens (tertiary/aromatic N) is 6. The molecule has 86 valence electrons.